The van der Waals surface area contributed by atoms with E-state index in [9.17, 15) is 9.18 Å². The van der Waals surface area contributed by atoms with Crippen LogP contribution in [0.4, 0.5) is 10.1 Å². The van der Waals surface area contributed by atoms with Crippen LogP contribution in [0.25, 0.3) is 0 Å². The first-order chi connectivity index (χ1) is 6.59. The number of carbonyl (C=O) groups excluding carboxylic acids is 1. The second kappa shape index (κ2) is 6.13. The van der Waals surface area contributed by atoms with Crippen LogP contribution in [0, 0.1) is 12.7 Å². The van der Waals surface area contributed by atoms with Crippen molar-refractivity contribution in [2.75, 3.05) is 5.32 Å². The van der Waals surface area contributed by atoms with E-state index in [0.717, 1.165) is 0 Å². The average molecular weight is 197 g/mol. The minimum absolute atomic E-state index is 0.152. The fourth-order valence-electron chi connectivity index (χ4n) is 0.926. The first-order valence-electron chi connectivity index (χ1n) is 4.63. The number of rotatable bonds is 1. The summed E-state index contributed by atoms with van der Waals surface area (Å²) in [7, 11) is 0. The van der Waals surface area contributed by atoms with Crippen molar-refractivity contribution in [1.29, 1.82) is 0 Å². The van der Waals surface area contributed by atoms with E-state index in [4.69, 9.17) is 0 Å². The van der Waals surface area contributed by atoms with Crippen molar-refractivity contribution in [2.45, 2.75) is 27.7 Å². The Kier molecular flexibility index (Phi) is 5.53. The number of halogens is 1. The number of benzene rings is 1. The van der Waals surface area contributed by atoms with Gasteiger partial charge in [-0.1, -0.05) is 13.8 Å². The standard InChI is InChI=1S/C9H10FNO.C2H6/c1-6-5-8(11-7(2)12)3-4-9(6)10;1-2/h3-5H,1-2H3,(H,11,12);1-2H3. The maximum atomic E-state index is 12.7. The largest absolute Gasteiger partial charge is 0.326 e. The van der Waals surface area contributed by atoms with Gasteiger partial charge in [-0.3, -0.25) is 4.79 Å². The molecule has 0 aliphatic rings. The number of hydrogen-bond donors (Lipinski definition) is 1. The molecule has 0 saturated heterocycles. The molecule has 0 aliphatic heterocycles. The van der Waals surface area contributed by atoms with Gasteiger partial charge in [-0.05, 0) is 30.7 Å². The quantitative estimate of drug-likeness (QED) is 0.736. The van der Waals surface area contributed by atoms with Crippen LogP contribution in [0.5, 0.6) is 0 Å². The summed E-state index contributed by atoms with van der Waals surface area (Å²) in [5.41, 5.74) is 1.16. The topological polar surface area (TPSA) is 29.1 Å². The van der Waals surface area contributed by atoms with Gasteiger partial charge < -0.3 is 5.32 Å². The van der Waals surface area contributed by atoms with E-state index in [0.29, 0.717) is 11.3 Å². The highest BCUT2D eigenvalue weighted by atomic mass is 19.1. The fraction of sp³-hybridized carbons (Fsp3) is 0.364. The molecule has 1 aromatic rings. The molecule has 0 heterocycles. The van der Waals surface area contributed by atoms with E-state index in [2.05, 4.69) is 5.32 Å². The molecule has 1 amide bonds. The second-order valence-corrected chi connectivity index (χ2v) is 2.65. The van der Waals surface area contributed by atoms with Crippen molar-refractivity contribution in [3.63, 3.8) is 0 Å². The zero-order chi connectivity index (χ0) is 11.1. The Bertz CT molecular complexity index is 310. The Labute approximate surface area is 84.1 Å². The van der Waals surface area contributed by atoms with Crippen LogP contribution in [-0.4, -0.2) is 5.91 Å². The minimum Gasteiger partial charge on any atom is -0.326 e. The Morgan fingerprint density at radius 3 is 2.36 bits per heavy atom. The maximum Gasteiger partial charge on any atom is 0.221 e. The molecule has 0 fully saturated rings. The van der Waals surface area contributed by atoms with Crippen LogP contribution in [-0.2, 0) is 4.79 Å². The van der Waals surface area contributed by atoms with Crippen molar-refractivity contribution in [2.24, 2.45) is 0 Å². The molecule has 0 aromatic heterocycles. The third-order valence-electron chi connectivity index (χ3n) is 1.48. The average Bonchev–Trinajstić information content (AvgIpc) is 2.14. The van der Waals surface area contributed by atoms with Gasteiger partial charge in [0.25, 0.3) is 0 Å². The van der Waals surface area contributed by atoms with Crippen LogP contribution in [0.1, 0.15) is 26.3 Å². The summed E-state index contributed by atoms with van der Waals surface area (Å²) in [5.74, 6) is -0.412. The van der Waals surface area contributed by atoms with Crippen molar-refractivity contribution in [3.8, 4) is 0 Å². The number of amides is 1. The first kappa shape index (κ1) is 12.6. The number of anilines is 1. The van der Waals surface area contributed by atoms with Gasteiger partial charge in [0.1, 0.15) is 5.82 Å². The molecule has 0 saturated carbocycles. The number of aryl methyl sites for hydroxylation is 1. The SMILES string of the molecule is CC.CC(=O)Nc1ccc(F)c(C)c1. The summed E-state index contributed by atoms with van der Waals surface area (Å²) in [5, 5.41) is 2.57. The van der Waals surface area contributed by atoms with Gasteiger partial charge in [0.05, 0.1) is 0 Å². The highest BCUT2D eigenvalue weighted by Gasteiger charge is 1.99. The van der Waals surface area contributed by atoms with Crippen molar-refractivity contribution in [3.05, 3.63) is 29.6 Å². The van der Waals surface area contributed by atoms with Crippen LogP contribution < -0.4 is 5.32 Å². The third kappa shape index (κ3) is 4.03. The van der Waals surface area contributed by atoms with E-state index in [1.165, 1.54) is 19.1 Å². The van der Waals surface area contributed by atoms with Crippen molar-refractivity contribution in [1.82, 2.24) is 0 Å². The minimum atomic E-state index is -0.260. The highest BCUT2D eigenvalue weighted by Crippen LogP contribution is 2.13. The maximum absolute atomic E-state index is 12.7. The summed E-state index contributed by atoms with van der Waals surface area (Å²) in [6, 6.07) is 4.46. The van der Waals surface area contributed by atoms with Crippen LogP contribution in [0.3, 0.4) is 0 Å². The molecule has 78 valence electrons. The summed E-state index contributed by atoms with van der Waals surface area (Å²) in [4.78, 5) is 10.6. The fourth-order valence-corrected chi connectivity index (χ4v) is 0.926. The Hall–Kier alpha value is -1.38. The summed E-state index contributed by atoms with van der Waals surface area (Å²) >= 11 is 0. The number of nitrogens with one attached hydrogen (secondary N) is 1. The molecule has 1 rings (SSSR count). The van der Waals surface area contributed by atoms with Gasteiger partial charge in [0, 0.05) is 12.6 Å². The zero-order valence-corrected chi connectivity index (χ0v) is 9.02. The van der Waals surface area contributed by atoms with Gasteiger partial charge in [0.2, 0.25) is 5.91 Å². The Balaban J connectivity index is 0.000000791. The second-order valence-electron chi connectivity index (χ2n) is 2.65. The van der Waals surface area contributed by atoms with Gasteiger partial charge >= 0.3 is 0 Å². The van der Waals surface area contributed by atoms with Gasteiger partial charge in [-0.25, -0.2) is 4.39 Å². The van der Waals surface area contributed by atoms with E-state index in [1.807, 2.05) is 13.8 Å². The molecule has 0 atom stereocenters. The third-order valence-corrected chi connectivity index (χ3v) is 1.48. The number of hydrogen-bond acceptors (Lipinski definition) is 1. The normalized spacial score (nSPS) is 8.64. The van der Waals surface area contributed by atoms with Crippen LogP contribution in [0.2, 0.25) is 0 Å². The lowest BCUT2D eigenvalue weighted by Crippen LogP contribution is -2.05. The van der Waals surface area contributed by atoms with Crippen LogP contribution >= 0.6 is 0 Å². The molecule has 0 unspecified atom stereocenters. The zero-order valence-electron chi connectivity index (χ0n) is 9.02. The van der Waals surface area contributed by atoms with E-state index >= 15 is 0 Å². The summed E-state index contributed by atoms with van der Waals surface area (Å²) in [6.45, 7) is 7.07. The first-order valence-corrected chi connectivity index (χ1v) is 4.63. The Morgan fingerprint density at radius 2 is 1.93 bits per heavy atom. The molecule has 1 aromatic carbocycles. The predicted molar refractivity (Wildman–Crippen MR) is 56.8 cm³/mol. The van der Waals surface area contributed by atoms with Crippen molar-refractivity contribution < 1.29 is 9.18 Å². The van der Waals surface area contributed by atoms with E-state index in [1.54, 1.807) is 13.0 Å². The molecule has 0 spiro atoms. The lowest BCUT2D eigenvalue weighted by molar-refractivity contribution is -0.114. The molecule has 2 nitrogen and oxygen atoms in total. The lowest BCUT2D eigenvalue weighted by atomic mass is 10.2. The van der Waals surface area contributed by atoms with E-state index < -0.39 is 0 Å². The Morgan fingerprint density at radius 1 is 1.36 bits per heavy atom. The van der Waals surface area contributed by atoms with Gasteiger partial charge in [0.15, 0.2) is 0 Å². The number of carbonyl (C=O) groups is 1. The highest BCUT2D eigenvalue weighted by molar-refractivity contribution is 5.88. The predicted octanol–water partition coefficient (Wildman–Crippen LogP) is 3.12. The monoisotopic (exact) mass is 197 g/mol. The summed E-state index contributed by atoms with van der Waals surface area (Å²) in [6.07, 6.45) is 0. The molecule has 0 radical (unpaired) electrons. The van der Waals surface area contributed by atoms with Crippen LogP contribution in [0.15, 0.2) is 18.2 Å². The van der Waals surface area contributed by atoms with E-state index in [-0.39, 0.29) is 11.7 Å². The molecule has 0 bridgehead atoms. The smallest absolute Gasteiger partial charge is 0.221 e. The molecular formula is C11H16FNO. The molecular weight excluding hydrogens is 181 g/mol. The van der Waals surface area contributed by atoms with Crippen molar-refractivity contribution >= 4 is 11.6 Å². The molecule has 0 aliphatic carbocycles. The molecule has 1 N–H and O–H groups in total. The summed E-state index contributed by atoms with van der Waals surface area (Å²) < 4.78 is 12.7. The molecule has 3 heteroatoms. The lowest BCUT2D eigenvalue weighted by Gasteiger charge is -2.02. The molecule has 14 heavy (non-hydrogen) atoms. The van der Waals surface area contributed by atoms with Gasteiger partial charge in [-0.15, -0.1) is 0 Å². The van der Waals surface area contributed by atoms with Gasteiger partial charge in [-0.2, -0.15) is 0 Å².